The molecule has 0 spiro atoms. The van der Waals surface area contributed by atoms with Crippen LogP contribution in [0, 0.1) is 5.92 Å². The summed E-state index contributed by atoms with van der Waals surface area (Å²) in [5, 5.41) is 3.12. The molecule has 17 heavy (non-hydrogen) atoms. The van der Waals surface area contributed by atoms with E-state index >= 15 is 0 Å². The highest BCUT2D eigenvalue weighted by molar-refractivity contribution is 7.89. The van der Waals surface area contributed by atoms with Crippen molar-refractivity contribution >= 4 is 10.0 Å². The first-order valence-corrected chi connectivity index (χ1v) is 8.18. The van der Waals surface area contributed by atoms with Gasteiger partial charge < -0.3 is 5.32 Å². The van der Waals surface area contributed by atoms with E-state index in [1.807, 2.05) is 0 Å². The van der Waals surface area contributed by atoms with Crippen LogP contribution in [0.3, 0.4) is 0 Å². The van der Waals surface area contributed by atoms with Gasteiger partial charge >= 0.3 is 0 Å². The Balaban J connectivity index is 2.36. The van der Waals surface area contributed by atoms with Gasteiger partial charge in [0.2, 0.25) is 10.0 Å². The minimum atomic E-state index is -3.04. The molecular formula is C12H26N2O2S. The van der Waals surface area contributed by atoms with Gasteiger partial charge in [-0.25, -0.2) is 12.7 Å². The Hall–Kier alpha value is -0.130. The molecule has 0 atom stereocenters. The van der Waals surface area contributed by atoms with Crippen molar-refractivity contribution in [3.63, 3.8) is 0 Å². The number of hydrogen-bond donors (Lipinski definition) is 1. The Kier molecular flexibility index (Phi) is 5.89. The molecule has 0 unspecified atom stereocenters. The molecule has 0 radical (unpaired) electrons. The predicted molar refractivity (Wildman–Crippen MR) is 71.5 cm³/mol. The summed E-state index contributed by atoms with van der Waals surface area (Å²) in [6.07, 6.45) is 3.13. The number of nitrogens with one attached hydrogen (secondary N) is 1. The van der Waals surface area contributed by atoms with Gasteiger partial charge in [-0.2, -0.15) is 0 Å². The van der Waals surface area contributed by atoms with Crippen LogP contribution in [0.4, 0.5) is 0 Å². The van der Waals surface area contributed by atoms with Crippen molar-refractivity contribution in [2.75, 3.05) is 26.2 Å². The minimum absolute atomic E-state index is 0.294. The van der Waals surface area contributed by atoms with E-state index in [9.17, 15) is 8.42 Å². The van der Waals surface area contributed by atoms with Crippen molar-refractivity contribution in [2.24, 2.45) is 5.92 Å². The van der Waals surface area contributed by atoms with Crippen LogP contribution < -0.4 is 5.32 Å². The molecule has 1 N–H and O–H groups in total. The van der Waals surface area contributed by atoms with Crippen LogP contribution in [0.2, 0.25) is 0 Å². The van der Waals surface area contributed by atoms with Crippen LogP contribution in [-0.4, -0.2) is 44.2 Å². The molecule has 1 rings (SSSR count). The maximum atomic E-state index is 12.0. The van der Waals surface area contributed by atoms with Crippen molar-refractivity contribution < 1.29 is 8.42 Å². The standard InChI is InChI=1S/C12H26N2O2S/c1-4-7-13-10-12-5-8-14(9-6-12)17(15,16)11(2)3/h11-13H,4-10H2,1-3H3. The number of nitrogens with zero attached hydrogens (tertiary/aromatic N) is 1. The summed E-state index contributed by atoms with van der Waals surface area (Å²) < 4.78 is 25.6. The van der Waals surface area contributed by atoms with Crippen molar-refractivity contribution in [2.45, 2.75) is 45.3 Å². The van der Waals surface area contributed by atoms with Crippen LogP contribution in [-0.2, 0) is 10.0 Å². The molecule has 0 aromatic carbocycles. The zero-order chi connectivity index (χ0) is 12.9. The lowest BCUT2D eigenvalue weighted by Crippen LogP contribution is -2.43. The van der Waals surface area contributed by atoms with E-state index in [0.717, 1.165) is 32.4 Å². The molecule has 4 nitrogen and oxygen atoms in total. The Morgan fingerprint density at radius 2 is 1.88 bits per heavy atom. The molecule has 0 amide bonds. The minimum Gasteiger partial charge on any atom is -0.316 e. The Morgan fingerprint density at radius 3 is 2.35 bits per heavy atom. The third-order valence-corrected chi connectivity index (χ3v) is 5.67. The van der Waals surface area contributed by atoms with E-state index in [2.05, 4.69) is 12.2 Å². The van der Waals surface area contributed by atoms with E-state index in [1.54, 1.807) is 18.2 Å². The van der Waals surface area contributed by atoms with Crippen LogP contribution in [0.25, 0.3) is 0 Å². The third kappa shape index (κ3) is 4.23. The van der Waals surface area contributed by atoms with Gasteiger partial charge in [-0.15, -0.1) is 0 Å². The van der Waals surface area contributed by atoms with E-state index < -0.39 is 10.0 Å². The molecule has 5 heteroatoms. The Morgan fingerprint density at radius 1 is 1.29 bits per heavy atom. The summed E-state index contributed by atoms with van der Waals surface area (Å²) in [6.45, 7) is 9.14. The zero-order valence-corrected chi connectivity index (χ0v) is 12.1. The van der Waals surface area contributed by atoms with E-state index in [1.165, 1.54) is 0 Å². The number of sulfonamides is 1. The first-order chi connectivity index (χ1) is 7.98. The number of rotatable bonds is 6. The van der Waals surface area contributed by atoms with Crippen LogP contribution in [0.1, 0.15) is 40.0 Å². The van der Waals surface area contributed by atoms with Crippen molar-refractivity contribution in [1.82, 2.24) is 9.62 Å². The van der Waals surface area contributed by atoms with Crippen molar-refractivity contribution in [3.8, 4) is 0 Å². The molecule has 1 aliphatic rings. The summed E-state index contributed by atoms with van der Waals surface area (Å²) in [6, 6.07) is 0. The first-order valence-electron chi connectivity index (χ1n) is 6.68. The molecule has 1 heterocycles. The lowest BCUT2D eigenvalue weighted by Gasteiger charge is -2.32. The van der Waals surface area contributed by atoms with E-state index in [-0.39, 0.29) is 5.25 Å². The highest BCUT2D eigenvalue weighted by atomic mass is 32.2. The van der Waals surface area contributed by atoms with Gasteiger partial charge in [-0.3, -0.25) is 0 Å². The van der Waals surface area contributed by atoms with Gasteiger partial charge in [0.15, 0.2) is 0 Å². The quantitative estimate of drug-likeness (QED) is 0.737. The van der Waals surface area contributed by atoms with Crippen molar-refractivity contribution in [1.29, 1.82) is 0 Å². The third-order valence-electron chi connectivity index (χ3n) is 3.39. The number of piperidine rings is 1. The van der Waals surface area contributed by atoms with Crippen LogP contribution >= 0.6 is 0 Å². The smallest absolute Gasteiger partial charge is 0.216 e. The molecule has 0 saturated carbocycles. The lowest BCUT2D eigenvalue weighted by atomic mass is 9.98. The van der Waals surface area contributed by atoms with Gasteiger partial charge in [0.05, 0.1) is 5.25 Å². The molecule has 0 aromatic heterocycles. The predicted octanol–water partition coefficient (Wildman–Crippen LogP) is 1.44. The molecule has 0 bridgehead atoms. The van der Waals surface area contributed by atoms with E-state index in [4.69, 9.17) is 0 Å². The molecule has 1 saturated heterocycles. The van der Waals surface area contributed by atoms with Gasteiger partial charge in [-0.05, 0) is 52.1 Å². The second-order valence-corrected chi connectivity index (χ2v) is 7.63. The maximum Gasteiger partial charge on any atom is 0.216 e. The van der Waals surface area contributed by atoms with Crippen LogP contribution in [0.5, 0.6) is 0 Å². The fourth-order valence-corrected chi connectivity index (χ4v) is 3.47. The molecule has 1 aliphatic heterocycles. The second-order valence-electron chi connectivity index (χ2n) is 5.14. The zero-order valence-electron chi connectivity index (χ0n) is 11.3. The largest absolute Gasteiger partial charge is 0.316 e. The van der Waals surface area contributed by atoms with Gasteiger partial charge in [0, 0.05) is 13.1 Å². The molecule has 0 aliphatic carbocycles. The van der Waals surface area contributed by atoms with E-state index in [0.29, 0.717) is 19.0 Å². The van der Waals surface area contributed by atoms with Gasteiger partial charge in [0.1, 0.15) is 0 Å². The second kappa shape index (κ2) is 6.71. The summed E-state index contributed by atoms with van der Waals surface area (Å²) in [7, 11) is -3.04. The normalized spacial score (nSPS) is 20.0. The highest BCUT2D eigenvalue weighted by Crippen LogP contribution is 2.20. The molecule has 102 valence electrons. The molecule has 0 aromatic rings. The van der Waals surface area contributed by atoms with Crippen molar-refractivity contribution in [3.05, 3.63) is 0 Å². The topological polar surface area (TPSA) is 49.4 Å². The molecular weight excluding hydrogens is 236 g/mol. The molecule has 1 fully saturated rings. The van der Waals surface area contributed by atoms with Gasteiger partial charge in [0.25, 0.3) is 0 Å². The average molecular weight is 262 g/mol. The lowest BCUT2D eigenvalue weighted by molar-refractivity contribution is 0.266. The average Bonchev–Trinajstić information content (AvgIpc) is 2.30. The summed E-state index contributed by atoms with van der Waals surface area (Å²) >= 11 is 0. The van der Waals surface area contributed by atoms with Gasteiger partial charge in [-0.1, -0.05) is 6.92 Å². The fourth-order valence-electron chi connectivity index (χ4n) is 2.15. The number of hydrogen-bond acceptors (Lipinski definition) is 3. The Bertz CT molecular complexity index is 306. The van der Waals surface area contributed by atoms with Crippen LogP contribution in [0.15, 0.2) is 0 Å². The summed E-state index contributed by atoms with van der Waals surface area (Å²) in [5.74, 6) is 0.639. The fraction of sp³-hybridized carbons (Fsp3) is 1.00. The monoisotopic (exact) mass is 262 g/mol. The Labute approximate surface area is 106 Å². The summed E-state index contributed by atoms with van der Waals surface area (Å²) in [5.41, 5.74) is 0. The summed E-state index contributed by atoms with van der Waals surface area (Å²) in [4.78, 5) is 0. The SMILES string of the molecule is CCCNCC1CCN(S(=O)(=O)C(C)C)CC1. The first kappa shape index (κ1) is 14.9. The maximum absolute atomic E-state index is 12.0. The highest BCUT2D eigenvalue weighted by Gasteiger charge is 2.29.